The Bertz CT molecular complexity index is 1050. The number of piperidine rings is 1. The van der Waals surface area contributed by atoms with Crippen molar-refractivity contribution in [1.29, 1.82) is 0 Å². The van der Waals surface area contributed by atoms with Crippen LogP contribution in [0, 0.1) is 6.92 Å². The van der Waals surface area contributed by atoms with Gasteiger partial charge in [-0.15, -0.1) is 11.3 Å². The summed E-state index contributed by atoms with van der Waals surface area (Å²) in [4.78, 5) is 27.6. The number of hydrogen-bond acceptors (Lipinski definition) is 5. The molecule has 1 aliphatic heterocycles. The summed E-state index contributed by atoms with van der Waals surface area (Å²) < 4.78 is 40.4. The number of likely N-dealkylation sites (tertiary alicyclic amines) is 1. The third-order valence-electron chi connectivity index (χ3n) is 5.13. The van der Waals surface area contributed by atoms with Crippen LogP contribution in [0.25, 0.3) is 10.6 Å². The molecular formula is C21H19F3N4OS. The fourth-order valence-corrected chi connectivity index (χ4v) is 4.29. The maximum absolute atomic E-state index is 13.5. The van der Waals surface area contributed by atoms with Gasteiger partial charge in [0.25, 0.3) is 5.91 Å². The first-order valence-electron chi connectivity index (χ1n) is 9.53. The molecule has 0 aromatic carbocycles. The summed E-state index contributed by atoms with van der Waals surface area (Å²) in [5.74, 6) is -0.368. The highest BCUT2D eigenvalue weighted by atomic mass is 32.1. The smallest absolute Gasteiger partial charge is 0.338 e. The second-order valence-corrected chi connectivity index (χ2v) is 8.20. The molecule has 1 saturated heterocycles. The molecule has 1 fully saturated rings. The average molecular weight is 432 g/mol. The summed E-state index contributed by atoms with van der Waals surface area (Å²) in [5.41, 5.74) is 0.620. The molecule has 5 nitrogen and oxygen atoms in total. The Labute approximate surface area is 175 Å². The Hall–Kier alpha value is -2.81. The lowest BCUT2D eigenvalue weighted by Crippen LogP contribution is -2.40. The fourth-order valence-electron chi connectivity index (χ4n) is 3.60. The number of thiophene rings is 1. The van der Waals surface area contributed by atoms with Crippen LogP contribution in [0.1, 0.15) is 46.2 Å². The van der Waals surface area contributed by atoms with E-state index in [2.05, 4.69) is 15.0 Å². The van der Waals surface area contributed by atoms with Crippen LogP contribution in [0.3, 0.4) is 0 Å². The van der Waals surface area contributed by atoms with E-state index < -0.39 is 11.9 Å². The van der Waals surface area contributed by atoms with Crippen LogP contribution in [-0.2, 0) is 6.18 Å². The number of alkyl halides is 3. The first kappa shape index (κ1) is 20.5. The van der Waals surface area contributed by atoms with Gasteiger partial charge in [-0.05, 0) is 48.9 Å². The van der Waals surface area contributed by atoms with Crippen molar-refractivity contribution < 1.29 is 18.0 Å². The van der Waals surface area contributed by atoms with Crippen molar-refractivity contribution in [3.63, 3.8) is 0 Å². The van der Waals surface area contributed by atoms with Crippen molar-refractivity contribution in [2.45, 2.75) is 31.9 Å². The van der Waals surface area contributed by atoms with Crippen LogP contribution in [0.2, 0.25) is 0 Å². The number of pyridine rings is 1. The van der Waals surface area contributed by atoms with Crippen LogP contribution < -0.4 is 0 Å². The van der Waals surface area contributed by atoms with E-state index in [0.717, 1.165) is 11.6 Å². The minimum absolute atomic E-state index is 0.136. The summed E-state index contributed by atoms with van der Waals surface area (Å²) in [6.07, 6.45) is -0.0798. The van der Waals surface area contributed by atoms with Crippen LogP contribution in [0.4, 0.5) is 13.2 Å². The molecule has 3 aromatic rings. The number of carbonyl (C=O) groups excluding carboxylic acids is 1. The number of halogens is 3. The molecule has 4 rings (SSSR count). The van der Waals surface area contributed by atoms with Gasteiger partial charge in [0.2, 0.25) is 0 Å². The number of carbonyl (C=O) groups is 1. The topological polar surface area (TPSA) is 59.0 Å². The van der Waals surface area contributed by atoms with Gasteiger partial charge in [-0.3, -0.25) is 9.78 Å². The predicted octanol–water partition coefficient (Wildman–Crippen LogP) is 4.95. The van der Waals surface area contributed by atoms with E-state index >= 15 is 0 Å². The predicted molar refractivity (Wildman–Crippen MR) is 107 cm³/mol. The largest absolute Gasteiger partial charge is 0.433 e. The molecule has 9 heteroatoms. The fraction of sp³-hybridized carbons (Fsp3) is 0.333. The summed E-state index contributed by atoms with van der Waals surface area (Å²) in [7, 11) is 0. The molecule has 30 heavy (non-hydrogen) atoms. The quantitative estimate of drug-likeness (QED) is 0.588. The van der Waals surface area contributed by atoms with Gasteiger partial charge < -0.3 is 4.90 Å². The van der Waals surface area contributed by atoms with Crippen LogP contribution >= 0.6 is 11.3 Å². The molecule has 0 bridgehead atoms. The first-order valence-corrected chi connectivity index (χ1v) is 10.4. The van der Waals surface area contributed by atoms with E-state index in [-0.39, 0.29) is 29.9 Å². The van der Waals surface area contributed by atoms with Gasteiger partial charge in [0.15, 0.2) is 0 Å². The van der Waals surface area contributed by atoms with Gasteiger partial charge in [-0.1, -0.05) is 6.07 Å². The molecule has 0 radical (unpaired) electrons. The second-order valence-electron chi connectivity index (χ2n) is 7.25. The molecule has 1 amide bonds. The van der Waals surface area contributed by atoms with Crippen molar-refractivity contribution in [3.05, 3.63) is 64.7 Å². The van der Waals surface area contributed by atoms with Gasteiger partial charge in [-0.2, -0.15) is 13.2 Å². The minimum atomic E-state index is -4.57. The number of aromatic nitrogens is 3. The first-order chi connectivity index (χ1) is 14.3. The molecular weight excluding hydrogens is 413 g/mol. The maximum atomic E-state index is 13.5. The Balaban J connectivity index is 1.65. The summed E-state index contributed by atoms with van der Waals surface area (Å²) in [5, 5.41) is 1.79. The van der Waals surface area contributed by atoms with Crippen LogP contribution in [0.15, 0.2) is 42.0 Å². The zero-order chi connectivity index (χ0) is 21.3. The highest BCUT2D eigenvalue weighted by molar-refractivity contribution is 7.13. The monoisotopic (exact) mass is 432 g/mol. The zero-order valence-corrected chi connectivity index (χ0v) is 17.0. The third kappa shape index (κ3) is 4.21. The lowest BCUT2D eigenvalue weighted by Gasteiger charge is -2.32. The molecule has 1 atom stereocenters. The van der Waals surface area contributed by atoms with Crippen molar-refractivity contribution >= 4 is 17.2 Å². The Morgan fingerprint density at radius 3 is 2.80 bits per heavy atom. The zero-order valence-electron chi connectivity index (χ0n) is 16.2. The highest BCUT2D eigenvalue weighted by Gasteiger charge is 2.35. The lowest BCUT2D eigenvalue weighted by molar-refractivity contribution is -0.141. The number of rotatable bonds is 3. The van der Waals surface area contributed by atoms with E-state index in [9.17, 15) is 18.0 Å². The number of nitrogens with zero attached hydrogens (tertiary/aromatic N) is 4. The Kier molecular flexibility index (Phi) is 5.55. The normalized spacial score (nSPS) is 17.2. The Morgan fingerprint density at radius 2 is 2.10 bits per heavy atom. The van der Waals surface area contributed by atoms with Gasteiger partial charge >= 0.3 is 6.18 Å². The highest BCUT2D eigenvalue weighted by Crippen LogP contribution is 2.34. The molecule has 3 aromatic heterocycles. The SMILES string of the molecule is Cc1cnccc1C(=O)N1CCCC(c2nc(-c3cccs3)cc(C(F)(F)F)n2)C1. The van der Waals surface area contributed by atoms with Gasteiger partial charge in [0.1, 0.15) is 11.5 Å². The van der Waals surface area contributed by atoms with E-state index in [1.165, 1.54) is 11.3 Å². The van der Waals surface area contributed by atoms with Gasteiger partial charge in [0.05, 0.1) is 10.6 Å². The van der Waals surface area contributed by atoms with E-state index in [1.54, 1.807) is 40.9 Å². The lowest BCUT2D eigenvalue weighted by atomic mass is 9.96. The average Bonchev–Trinajstić information content (AvgIpc) is 3.28. The van der Waals surface area contributed by atoms with Crippen molar-refractivity contribution in [1.82, 2.24) is 19.9 Å². The molecule has 0 N–H and O–H groups in total. The minimum Gasteiger partial charge on any atom is -0.338 e. The maximum Gasteiger partial charge on any atom is 0.433 e. The molecule has 0 saturated carbocycles. The van der Waals surface area contributed by atoms with E-state index in [1.807, 2.05) is 6.92 Å². The molecule has 1 aliphatic rings. The summed E-state index contributed by atoms with van der Waals surface area (Å²) in [6.45, 7) is 2.64. The van der Waals surface area contributed by atoms with Crippen molar-refractivity contribution in [2.75, 3.05) is 13.1 Å². The van der Waals surface area contributed by atoms with E-state index in [4.69, 9.17) is 0 Å². The van der Waals surface area contributed by atoms with Crippen molar-refractivity contribution in [2.24, 2.45) is 0 Å². The van der Waals surface area contributed by atoms with Gasteiger partial charge in [-0.25, -0.2) is 9.97 Å². The van der Waals surface area contributed by atoms with E-state index in [0.29, 0.717) is 29.8 Å². The third-order valence-corrected chi connectivity index (χ3v) is 6.02. The Morgan fingerprint density at radius 1 is 1.27 bits per heavy atom. The summed E-state index contributed by atoms with van der Waals surface area (Å²) >= 11 is 1.33. The van der Waals surface area contributed by atoms with Crippen molar-refractivity contribution in [3.8, 4) is 10.6 Å². The second kappa shape index (κ2) is 8.14. The van der Waals surface area contributed by atoms with Gasteiger partial charge in [0, 0.05) is 37.0 Å². The van der Waals surface area contributed by atoms with Crippen LogP contribution in [-0.4, -0.2) is 38.8 Å². The summed E-state index contributed by atoms with van der Waals surface area (Å²) in [6, 6.07) is 6.16. The molecule has 0 aliphatic carbocycles. The standard InChI is InChI=1S/C21H19F3N4OS/c1-13-11-25-7-6-15(13)20(29)28-8-2-4-14(12-28)19-26-16(17-5-3-9-30-17)10-18(27-19)21(22,23)24/h3,5-7,9-11,14H,2,4,8,12H2,1H3. The number of aryl methyl sites for hydroxylation is 1. The number of amides is 1. The molecule has 1 unspecified atom stereocenters. The van der Waals surface area contributed by atoms with Crippen LogP contribution in [0.5, 0.6) is 0 Å². The molecule has 156 valence electrons. The molecule has 0 spiro atoms. The molecule has 4 heterocycles. The number of hydrogen-bond donors (Lipinski definition) is 0.